The fourth-order valence-electron chi connectivity index (χ4n) is 0.863. The molecule has 0 saturated heterocycles. The topological polar surface area (TPSA) is 120 Å². The van der Waals surface area contributed by atoms with Crippen LogP contribution in [0.1, 0.15) is 6.92 Å². The van der Waals surface area contributed by atoms with E-state index in [-0.39, 0.29) is 13.2 Å². The third kappa shape index (κ3) is 5.38. The molecule has 5 N–H and O–H groups in total. The summed E-state index contributed by atoms with van der Waals surface area (Å²) in [6.45, 7) is 0.902. The van der Waals surface area contributed by atoms with Gasteiger partial charge in [-0.25, -0.2) is 9.78 Å². The minimum absolute atomic E-state index is 0.282. The maximum Gasteiger partial charge on any atom is 0.111 e. The monoisotopic (exact) mass is 226 g/mol. The molecule has 0 fully saturated rings. The average Bonchev–Trinajstić information content (AvgIpc) is 2.26. The van der Waals surface area contributed by atoms with Gasteiger partial charge in [-0.1, -0.05) is 0 Å². The van der Waals surface area contributed by atoms with Crippen LogP contribution in [0.15, 0.2) is 0 Å². The molecule has 4 atom stereocenters. The van der Waals surface area contributed by atoms with Crippen molar-refractivity contribution in [2.75, 3.05) is 19.8 Å². The molecule has 0 aromatic rings. The highest BCUT2D eigenvalue weighted by molar-refractivity contribution is 4.80. The van der Waals surface area contributed by atoms with Crippen molar-refractivity contribution in [3.8, 4) is 0 Å². The lowest BCUT2D eigenvalue weighted by Crippen LogP contribution is -2.47. The smallest absolute Gasteiger partial charge is 0.111 e. The lowest BCUT2D eigenvalue weighted by Gasteiger charge is -2.24. The van der Waals surface area contributed by atoms with Gasteiger partial charge in [0, 0.05) is 0 Å². The lowest BCUT2D eigenvalue weighted by atomic mass is 10.0. The Morgan fingerprint density at radius 2 is 1.47 bits per heavy atom. The summed E-state index contributed by atoms with van der Waals surface area (Å²) in [5, 5.41) is 45.2. The minimum Gasteiger partial charge on any atom is -0.394 e. The van der Waals surface area contributed by atoms with E-state index in [0.29, 0.717) is 0 Å². The Hall–Kier alpha value is -0.280. The molecule has 0 radical (unpaired) electrons. The van der Waals surface area contributed by atoms with E-state index in [9.17, 15) is 15.3 Å². The van der Waals surface area contributed by atoms with Crippen LogP contribution in [0.4, 0.5) is 0 Å². The molecule has 0 aromatic heterocycles. The number of hydrogen-bond acceptors (Lipinski definition) is 7. The summed E-state index contributed by atoms with van der Waals surface area (Å²) in [5.41, 5.74) is 0. The molecule has 0 heterocycles. The van der Waals surface area contributed by atoms with Gasteiger partial charge in [0.15, 0.2) is 0 Å². The van der Waals surface area contributed by atoms with E-state index < -0.39 is 31.0 Å². The minimum atomic E-state index is -1.64. The molecule has 0 rings (SSSR count). The summed E-state index contributed by atoms with van der Waals surface area (Å²) >= 11 is 0. The van der Waals surface area contributed by atoms with Crippen LogP contribution >= 0.6 is 0 Å². The van der Waals surface area contributed by atoms with E-state index >= 15 is 0 Å². The van der Waals surface area contributed by atoms with Crippen molar-refractivity contribution in [2.45, 2.75) is 31.3 Å². The first-order valence-electron chi connectivity index (χ1n) is 4.62. The van der Waals surface area contributed by atoms with Crippen LogP contribution in [0.25, 0.3) is 0 Å². The summed E-state index contributed by atoms with van der Waals surface area (Å²) in [6, 6.07) is 0. The van der Waals surface area contributed by atoms with Gasteiger partial charge < -0.3 is 25.5 Å². The highest BCUT2D eigenvalue weighted by Gasteiger charge is 2.30. The molecule has 0 aliphatic heterocycles. The van der Waals surface area contributed by atoms with Crippen molar-refractivity contribution in [3.63, 3.8) is 0 Å². The molecule has 7 nitrogen and oxygen atoms in total. The maximum atomic E-state index is 9.28. The highest BCUT2D eigenvalue weighted by Crippen LogP contribution is 2.05. The molecule has 0 spiro atoms. The van der Waals surface area contributed by atoms with Gasteiger partial charge in [0.2, 0.25) is 0 Å². The van der Waals surface area contributed by atoms with E-state index in [0.717, 1.165) is 0 Å². The second kappa shape index (κ2) is 7.94. The maximum absolute atomic E-state index is 9.28. The van der Waals surface area contributed by atoms with E-state index in [2.05, 4.69) is 9.78 Å². The first kappa shape index (κ1) is 14.7. The van der Waals surface area contributed by atoms with E-state index in [1.165, 1.54) is 0 Å². The third-order valence-corrected chi connectivity index (χ3v) is 1.77. The van der Waals surface area contributed by atoms with Gasteiger partial charge in [0.25, 0.3) is 0 Å². The van der Waals surface area contributed by atoms with Crippen LogP contribution in [0.5, 0.6) is 0 Å². The normalized spacial score (nSPS) is 19.6. The molecular weight excluding hydrogens is 208 g/mol. The van der Waals surface area contributed by atoms with Crippen molar-refractivity contribution < 1.29 is 35.3 Å². The van der Waals surface area contributed by atoms with Crippen LogP contribution in [0, 0.1) is 0 Å². The second-order valence-electron chi connectivity index (χ2n) is 2.99. The van der Waals surface area contributed by atoms with Crippen LogP contribution in [0.2, 0.25) is 0 Å². The van der Waals surface area contributed by atoms with E-state index in [4.69, 9.17) is 10.2 Å². The largest absolute Gasteiger partial charge is 0.394 e. The van der Waals surface area contributed by atoms with Crippen molar-refractivity contribution in [3.05, 3.63) is 0 Å². The van der Waals surface area contributed by atoms with Crippen LogP contribution < -0.4 is 0 Å². The number of hydrogen-bond donors (Lipinski definition) is 5. The Bertz CT molecular complexity index is 154. The first-order valence-corrected chi connectivity index (χ1v) is 4.62. The standard InChI is InChI=1S/C8H18O7/c1-2-14-15-4-6(11)8(13)7(12)5(10)3-9/h5-13H,2-4H2,1H3. The Kier molecular flexibility index (Phi) is 7.79. The van der Waals surface area contributed by atoms with Gasteiger partial charge in [0.1, 0.15) is 31.0 Å². The third-order valence-electron chi connectivity index (χ3n) is 1.77. The number of rotatable bonds is 8. The summed E-state index contributed by atoms with van der Waals surface area (Å²) in [7, 11) is 0. The zero-order valence-electron chi connectivity index (χ0n) is 8.48. The lowest BCUT2D eigenvalue weighted by molar-refractivity contribution is -0.308. The first-order chi connectivity index (χ1) is 7.04. The Labute approximate surface area is 87.4 Å². The van der Waals surface area contributed by atoms with E-state index in [1.54, 1.807) is 6.92 Å². The van der Waals surface area contributed by atoms with Gasteiger partial charge in [-0.3, -0.25) is 0 Å². The van der Waals surface area contributed by atoms with Crippen LogP contribution in [-0.4, -0.2) is 69.8 Å². The fraction of sp³-hybridized carbons (Fsp3) is 1.00. The molecule has 0 aliphatic rings. The van der Waals surface area contributed by atoms with Gasteiger partial charge in [-0.05, 0) is 6.92 Å². The SMILES string of the molecule is CCOOCC(O)C(O)C(O)C(O)CO. The van der Waals surface area contributed by atoms with Crippen LogP contribution in [0.3, 0.4) is 0 Å². The molecule has 15 heavy (non-hydrogen) atoms. The molecule has 0 saturated carbocycles. The molecule has 0 bridgehead atoms. The molecule has 92 valence electrons. The quantitative estimate of drug-likeness (QED) is 0.175. The van der Waals surface area contributed by atoms with Crippen molar-refractivity contribution in [1.82, 2.24) is 0 Å². The molecular formula is C8H18O7. The van der Waals surface area contributed by atoms with Gasteiger partial charge in [-0.15, -0.1) is 0 Å². The van der Waals surface area contributed by atoms with E-state index in [1.807, 2.05) is 0 Å². The van der Waals surface area contributed by atoms with Crippen molar-refractivity contribution in [2.24, 2.45) is 0 Å². The molecule has 4 unspecified atom stereocenters. The summed E-state index contributed by atoms with van der Waals surface area (Å²) in [4.78, 5) is 8.92. The average molecular weight is 226 g/mol. The molecule has 0 aromatic carbocycles. The summed E-state index contributed by atoms with van der Waals surface area (Å²) < 4.78 is 0. The van der Waals surface area contributed by atoms with Crippen molar-refractivity contribution >= 4 is 0 Å². The zero-order valence-corrected chi connectivity index (χ0v) is 8.48. The Morgan fingerprint density at radius 1 is 0.933 bits per heavy atom. The fourth-order valence-corrected chi connectivity index (χ4v) is 0.863. The molecule has 7 heteroatoms. The molecule has 0 amide bonds. The van der Waals surface area contributed by atoms with Gasteiger partial charge in [0.05, 0.1) is 13.2 Å². The molecule has 0 aliphatic carbocycles. The predicted molar refractivity (Wildman–Crippen MR) is 48.7 cm³/mol. The van der Waals surface area contributed by atoms with Gasteiger partial charge >= 0.3 is 0 Å². The Balaban J connectivity index is 3.90. The Morgan fingerprint density at radius 3 is 1.93 bits per heavy atom. The summed E-state index contributed by atoms with van der Waals surface area (Å²) in [6.07, 6.45) is -6.18. The number of aliphatic hydroxyl groups is 5. The van der Waals surface area contributed by atoms with Crippen molar-refractivity contribution in [1.29, 1.82) is 0 Å². The zero-order chi connectivity index (χ0) is 11.8. The van der Waals surface area contributed by atoms with Crippen LogP contribution in [-0.2, 0) is 9.78 Å². The highest BCUT2D eigenvalue weighted by atomic mass is 17.2. The predicted octanol–water partition coefficient (Wildman–Crippen LogP) is -2.61. The second-order valence-corrected chi connectivity index (χ2v) is 2.99. The van der Waals surface area contributed by atoms with Gasteiger partial charge in [-0.2, -0.15) is 0 Å². The summed E-state index contributed by atoms with van der Waals surface area (Å²) in [5.74, 6) is 0. The number of aliphatic hydroxyl groups excluding tert-OH is 5.